The minimum absolute atomic E-state index is 0.0429. The summed E-state index contributed by atoms with van der Waals surface area (Å²) in [6, 6.07) is 11.9. The zero-order chi connectivity index (χ0) is 15.7. The number of pyridine rings is 1. The molecule has 3 aromatic rings. The Kier molecular flexibility index (Phi) is 3.88. The fourth-order valence-electron chi connectivity index (χ4n) is 2.03. The zero-order valence-electron chi connectivity index (χ0n) is 11.2. The molecule has 0 aliphatic heterocycles. The Morgan fingerprint density at radius 1 is 1.23 bits per heavy atom. The quantitative estimate of drug-likeness (QED) is 0.696. The summed E-state index contributed by atoms with van der Waals surface area (Å²) in [5.74, 6) is -0.477. The van der Waals surface area contributed by atoms with Gasteiger partial charge in [0.25, 0.3) is 0 Å². The van der Waals surface area contributed by atoms with Crippen LogP contribution in [0.4, 0.5) is 10.1 Å². The van der Waals surface area contributed by atoms with Gasteiger partial charge in [-0.2, -0.15) is 5.26 Å². The van der Waals surface area contributed by atoms with Gasteiger partial charge in [-0.05, 0) is 36.4 Å². The van der Waals surface area contributed by atoms with E-state index in [1.54, 1.807) is 24.3 Å². The molecule has 0 saturated carbocycles. The number of rotatable bonds is 2. The van der Waals surface area contributed by atoms with E-state index in [1.165, 1.54) is 30.1 Å². The summed E-state index contributed by atoms with van der Waals surface area (Å²) in [7, 11) is 0. The van der Waals surface area contributed by atoms with Gasteiger partial charge in [0, 0.05) is 27.1 Å². The zero-order valence-corrected chi connectivity index (χ0v) is 12.7. The highest BCUT2D eigenvalue weighted by molar-refractivity contribution is 7.99. The molecule has 2 N–H and O–H groups in total. The molecule has 3 nitrogen and oxygen atoms in total. The van der Waals surface area contributed by atoms with E-state index in [2.05, 4.69) is 11.1 Å². The van der Waals surface area contributed by atoms with Crippen LogP contribution in [0.5, 0.6) is 0 Å². The molecule has 0 radical (unpaired) electrons. The molecule has 0 saturated heterocycles. The van der Waals surface area contributed by atoms with Crippen LogP contribution in [-0.2, 0) is 0 Å². The van der Waals surface area contributed by atoms with E-state index in [9.17, 15) is 9.65 Å². The van der Waals surface area contributed by atoms with Crippen molar-refractivity contribution in [1.29, 1.82) is 5.26 Å². The summed E-state index contributed by atoms with van der Waals surface area (Å²) >= 11 is 7.14. The monoisotopic (exact) mass is 329 g/mol. The maximum Gasteiger partial charge on any atom is 0.141 e. The lowest BCUT2D eigenvalue weighted by molar-refractivity contribution is 0.627. The maximum atomic E-state index is 13.3. The summed E-state index contributed by atoms with van der Waals surface area (Å²) in [5.41, 5.74) is 7.59. The van der Waals surface area contributed by atoms with Crippen LogP contribution < -0.4 is 5.73 Å². The third-order valence-electron chi connectivity index (χ3n) is 3.07. The van der Waals surface area contributed by atoms with Crippen molar-refractivity contribution in [2.45, 2.75) is 9.79 Å². The van der Waals surface area contributed by atoms with Crippen LogP contribution in [0.1, 0.15) is 5.56 Å². The fourth-order valence-corrected chi connectivity index (χ4v) is 3.31. The van der Waals surface area contributed by atoms with Gasteiger partial charge in [-0.25, -0.2) is 4.39 Å². The predicted octanol–water partition coefficient (Wildman–Crippen LogP) is 4.63. The van der Waals surface area contributed by atoms with Gasteiger partial charge in [-0.15, -0.1) is 0 Å². The summed E-state index contributed by atoms with van der Waals surface area (Å²) in [4.78, 5) is 5.71. The van der Waals surface area contributed by atoms with Crippen LogP contribution >= 0.6 is 23.4 Å². The molecule has 22 heavy (non-hydrogen) atoms. The number of halogens is 2. The van der Waals surface area contributed by atoms with Gasteiger partial charge in [0.15, 0.2) is 0 Å². The van der Waals surface area contributed by atoms with Gasteiger partial charge < -0.3 is 5.73 Å². The maximum absolute atomic E-state index is 13.3. The molecule has 0 aliphatic rings. The number of nitrogen functional groups attached to an aromatic ring is 1. The summed E-state index contributed by atoms with van der Waals surface area (Å²) in [6.07, 6.45) is 1.52. The van der Waals surface area contributed by atoms with Crippen LogP contribution in [0.2, 0.25) is 5.02 Å². The Balaban J connectivity index is 2.17. The molecule has 0 bridgehead atoms. The highest BCUT2D eigenvalue weighted by atomic mass is 35.5. The van der Waals surface area contributed by atoms with Crippen molar-refractivity contribution in [3.63, 3.8) is 0 Å². The van der Waals surface area contributed by atoms with Crippen LogP contribution in [0, 0.1) is 17.1 Å². The smallest absolute Gasteiger partial charge is 0.141 e. The van der Waals surface area contributed by atoms with E-state index >= 15 is 0 Å². The first-order chi connectivity index (χ1) is 10.6. The average Bonchev–Trinajstić information content (AvgIpc) is 2.51. The molecule has 0 spiro atoms. The minimum Gasteiger partial charge on any atom is -0.399 e. The molecular formula is C16H9ClFN3S. The molecule has 0 atom stereocenters. The largest absolute Gasteiger partial charge is 0.399 e. The number of nitriles is 1. The van der Waals surface area contributed by atoms with Crippen molar-refractivity contribution in [3.8, 4) is 6.07 Å². The number of hydrogen-bond acceptors (Lipinski definition) is 4. The highest BCUT2D eigenvalue weighted by Gasteiger charge is 2.12. The second-order valence-corrected chi connectivity index (χ2v) is 6.06. The van der Waals surface area contributed by atoms with Crippen LogP contribution in [0.25, 0.3) is 10.9 Å². The topological polar surface area (TPSA) is 62.7 Å². The first kappa shape index (κ1) is 14.6. The fraction of sp³-hybridized carbons (Fsp3) is 0. The Bertz CT molecular complexity index is 921. The molecule has 0 aliphatic carbocycles. The summed E-state index contributed by atoms with van der Waals surface area (Å²) < 4.78 is 13.3. The number of aromatic nitrogens is 1. The number of benzene rings is 2. The third-order valence-corrected chi connectivity index (χ3v) is 4.50. The Hall–Kier alpha value is -2.29. The molecule has 0 amide bonds. The second-order valence-electron chi connectivity index (χ2n) is 4.57. The first-order valence-corrected chi connectivity index (χ1v) is 7.49. The number of anilines is 1. The van der Waals surface area contributed by atoms with E-state index in [4.69, 9.17) is 17.3 Å². The predicted molar refractivity (Wildman–Crippen MR) is 86.4 cm³/mol. The minimum atomic E-state index is -0.477. The van der Waals surface area contributed by atoms with Crippen molar-refractivity contribution >= 4 is 40.0 Å². The van der Waals surface area contributed by atoms with E-state index in [0.717, 1.165) is 20.7 Å². The summed E-state index contributed by atoms with van der Waals surface area (Å²) in [6.45, 7) is 0. The number of nitrogens with two attached hydrogens (primary N) is 1. The Morgan fingerprint density at radius 3 is 2.77 bits per heavy atom. The molecular weight excluding hydrogens is 321 g/mol. The molecule has 3 rings (SSSR count). The van der Waals surface area contributed by atoms with Crippen molar-refractivity contribution in [2.24, 2.45) is 0 Å². The Labute approximate surface area is 135 Å². The number of fused-ring (bicyclic) bond motifs is 1. The first-order valence-electron chi connectivity index (χ1n) is 6.30. The van der Waals surface area contributed by atoms with Gasteiger partial charge in [0.1, 0.15) is 11.9 Å². The van der Waals surface area contributed by atoms with Crippen molar-refractivity contribution in [1.82, 2.24) is 4.98 Å². The third kappa shape index (κ3) is 2.71. The lowest BCUT2D eigenvalue weighted by Crippen LogP contribution is -1.91. The highest BCUT2D eigenvalue weighted by Crippen LogP contribution is 2.37. The van der Waals surface area contributed by atoms with Crippen LogP contribution in [0.3, 0.4) is 0 Å². The van der Waals surface area contributed by atoms with E-state index in [1.807, 2.05) is 0 Å². The average molecular weight is 330 g/mol. The molecule has 1 heterocycles. The second kappa shape index (κ2) is 5.84. The SMILES string of the molecule is N#Cc1cnc2ccc(N)cc2c1Sc1ccc(F)c(Cl)c1. The normalized spacial score (nSPS) is 10.6. The van der Waals surface area contributed by atoms with Gasteiger partial charge in [-0.3, -0.25) is 4.98 Å². The number of hydrogen-bond donors (Lipinski definition) is 1. The summed E-state index contributed by atoms with van der Waals surface area (Å²) in [5, 5.41) is 10.1. The van der Waals surface area contributed by atoms with Gasteiger partial charge in [0.2, 0.25) is 0 Å². The number of nitrogens with zero attached hydrogens (tertiary/aromatic N) is 2. The van der Waals surface area contributed by atoms with E-state index < -0.39 is 5.82 Å². The molecule has 0 unspecified atom stereocenters. The van der Waals surface area contributed by atoms with Crippen molar-refractivity contribution in [3.05, 3.63) is 59.0 Å². The Morgan fingerprint density at radius 2 is 2.05 bits per heavy atom. The lowest BCUT2D eigenvalue weighted by atomic mass is 10.1. The van der Waals surface area contributed by atoms with Crippen molar-refractivity contribution < 1.29 is 4.39 Å². The standard InChI is InChI=1S/C16H9ClFN3S/c17-13-6-11(2-3-14(13)18)22-16-9(7-19)8-21-15-4-1-10(20)5-12(15)16/h1-6,8H,20H2. The van der Waals surface area contributed by atoms with E-state index in [0.29, 0.717) is 11.3 Å². The van der Waals surface area contributed by atoms with Crippen LogP contribution in [0.15, 0.2) is 52.4 Å². The molecule has 0 fully saturated rings. The van der Waals surface area contributed by atoms with Gasteiger partial charge in [0.05, 0.1) is 16.1 Å². The molecule has 2 aromatic carbocycles. The van der Waals surface area contributed by atoms with Crippen molar-refractivity contribution in [2.75, 3.05) is 5.73 Å². The van der Waals surface area contributed by atoms with E-state index in [-0.39, 0.29) is 5.02 Å². The van der Waals surface area contributed by atoms with Crippen LogP contribution in [-0.4, -0.2) is 4.98 Å². The van der Waals surface area contributed by atoms with Gasteiger partial charge >= 0.3 is 0 Å². The molecule has 6 heteroatoms. The lowest BCUT2D eigenvalue weighted by Gasteiger charge is -2.09. The molecule has 1 aromatic heterocycles. The van der Waals surface area contributed by atoms with Gasteiger partial charge in [-0.1, -0.05) is 23.4 Å². The molecule has 108 valence electrons.